The molecule has 39 heavy (non-hydrogen) atoms. The summed E-state index contributed by atoms with van der Waals surface area (Å²) < 4.78 is 11.3. The largest absolute Gasteiger partial charge is 0.545 e. The number of nitriles is 1. The Labute approximate surface area is 233 Å². The summed E-state index contributed by atoms with van der Waals surface area (Å²) in [6, 6.07) is 17.9. The molecule has 7 nitrogen and oxygen atoms in total. The van der Waals surface area contributed by atoms with E-state index < -0.39 is 5.97 Å². The molecular weight excluding hydrogens is 492 g/mol. The maximum Gasteiger partial charge on any atom is 0.139 e. The number of aliphatic hydroxyl groups excluding tert-OH is 1. The van der Waals surface area contributed by atoms with Crippen LogP contribution in [0.15, 0.2) is 60.9 Å². The number of aliphatic hydroxyl groups is 1. The molecule has 0 fully saturated rings. The van der Waals surface area contributed by atoms with Crippen LogP contribution in [0.5, 0.6) is 0 Å². The number of hydrogen-bond acceptors (Lipinski definition) is 6. The molecule has 0 bridgehead atoms. The number of methoxy groups -OCH3 is 2. The quantitative estimate of drug-likeness (QED) is 0.214. The minimum atomic E-state index is -1.19. The van der Waals surface area contributed by atoms with Crippen LogP contribution in [-0.2, 0) is 16.0 Å². The standard InChI is InChI=1S/C32H44N2O5/c1-6-28(20-27(21-33)19-24(2)29-11-13-31(14-12-29)32(36)37)30-9-7-26(8-10-30)23-34(15-17-38-4,16-18-39-5)22-25(3)35/h7-14,24,27-28H,3,6,15-20,22-23H2,1-2,4-5H3,(H-,35,36,37). The lowest BCUT2D eigenvalue weighted by atomic mass is 9.82. The summed E-state index contributed by atoms with van der Waals surface area (Å²) in [5, 5.41) is 31.0. The molecule has 0 saturated carbocycles. The van der Waals surface area contributed by atoms with Gasteiger partial charge in [0.1, 0.15) is 31.9 Å². The fraction of sp³-hybridized carbons (Fsp3) is 0.500. The number of aromatic carboxylic acids is 1. The molecular formula is C32H44N2O5. The summed E-state index contributed by atoms with van der Waals surface area (Å²) in [6.07, 6.45) is 2.40. The van der Waals surface area contributed by atoms with Crippen molar-refractivity contribution in [2.45, 2.75) is 51.5 Å². The van der Waals surface area contributed by atoms with Crippen molar-refractivity contribution >= 4 is 5.97 Å². The van der Waals surface area contributed by atoms with E-state index in [2.05, 4.69) is 50.8 Å². The topological polar surface area (TPSA) is 103 Å². The highest BCUT2D eigenvalue weighted by Gasteiger charge is 2.29. The number of nitrogens with zero attached hydrogens (tertiary/aromatic N) is 2. The molecule has 0 saturated heterocycles. The molecule has 0 radical (unpaired) electrons. The molecule has 0 aliphatic rings. The number of carboxylic acid groups (broad SMARTS) is 1. The molecule has 0 heterocycles. The van der Waals surface area contributed by atoms with Gasteiger partial charge in [-0.2, -0.15) is 5.26 Å². The number of quaternary nitrogens is 1. The van der Waals surface area contributed by atoms with Gasteiger partial charge in [-0.3, -0.25) is 0 Å². The van der Waals surface area contributed by atoms with Crippen molar-refractivity contribution in [1.29, 1.82) is 5.26 Å². The van der Waals surface area contributed by atoms with E-state index in [1.54, 1.807) is 26.4 Å². The first kappa shape index (κ1) is 32.0. The van der Waals surface area contributed by atoms with Crippen molar-refractivity contribution in [3.8, 4) is 6.07 Å². The molecule has 3 atom stereocenters. The Kier molecular flexibility index (Phi) is 13.2. The van der Waals surface area contributed by atoms with Crippen molar-refractivity contribution in [3.63, 3.8) is 0 Å². The highest BCUT2D eigenvalue weighted by molar-refractivity contribution is 5.85. The Bertz CT molecular complexity index is 1070. The molecule has 2 aromatic carbocycles. The van der Waals surface area contributed by atoms with Crippen LogP contribution in [-0.4, -0.2) is 62.6 Å². The van der Waals surface area contributed by atoms with E-state index in [9.17, 15) is 20.3 Å². The zero-order valence-corrected chi connectivity index (χ0v) is 23.9. The minimum Gasteiger partial charge on any atom is -0.545 e. The van der Waals surface area contributed by atoms with Crippen LogP contribution in [0, 0.1) is 17.2 Å². The van der Waals surface area contributed by atoms with Crippen LogP contribution >= 0.6 is 0 Å². The van der Waals surface area contributed by atoms with Gasteiger partial charge >= 0.3 is 0 Å². The second-order valence-corrected chi connectivity index (χ2v) is 10.6. The van der Waals surface area contributed by atoms with Crippen molar-refractivity contribution in [1.82, 2.24) is 0 Å². The third-order valence-electron chi connectivity index (χ3n) is 7.62. The molecule has 3 unspecified atom stereocenters. The fourth-order valence-corrected chi connectivity index (χ4v) is 5.32. The first-order valence-corrected chi connectivity index (χ1v) is 13.7. The molecule has 2 aromatic rings. The molecule has 7 heteroatoms. The molecule has 0 spiro atoms. The summed E-state index contributed by atoms with van der Waals surface area (Å²) in [5.41, 5.74) is 3.55. The van der Waals surface area contributed by atoms with Gasteiger partial charge in [0.15, 0.2) is 0 Å². The lowest BCUT2D eigenvalue weighted by molar-refractivity contribution is -0.938. The molecule has 0 amide bonds. The van der Waals surface area contributed by atoms with E-state index in [4.69, 9.17) is 9.47 Å². The Hall–Kier alpha value is -3.18. The second-order valence-electron chi connectivity index (χ2n) is 10.6. The van der Waals surface area contributed by atoms with Crippen LogP contribution in [0.3, 0.4) is 0 Å². The Balaban J connectivity index is 2.12. The Morgan fingerprint density at radius 3 is 2.05 bits per heavy atom. The molecule has 0 aromatic heterocycles. The summed E-state index contributed by atoms with van der Waals surface area (Å²) in [6.45, 7) is 11.7. The lowest BCUT2D eigenvalue weighted by Crippen LogP contribution is -2.52. The molecule has 212 valence electrons. The smallest absolute Gasteiger partial charge is 0.139 e. The number of rotatable bonds is 18. The maximum atomic E-state index is 11.0. The monoisotopic (exact) mass is 536 g/mol. The predicted molar refractivity (Wildman–Crippen MR) is 151 cm³/mol. The zero-order valence-electron chi connectivity index (χ0n) is 23.9. The number of hydrogen-bond donors (Lipinski definition) is 1. The number of carboxylic acids is 1. The number of benzene rings is 2. The number of ether oxygens (including phenoxy) is 2. The van der Waals surface area contributed by atoms with Crippen molar-refractivity contribution in [2.24, 2.45) is 5.92 Å². The molecule has 0 aliphatic heterocycles. The van der Waals surface area contributed by atoms with Crippen LogP contribution < -0.4 is 5.11 Å². The van der Waals surface area contributed by atoms with E-state index in [-0.39, 0.29) is 29.1 Å². The van der Waals surface area contributed by atoms with Crippen molar-refractivity contribution in [3.05, 3.63) is 83.1 Å². The van der Waals surface area contributed by atoms with Crippen LogP contribution in [0.25, 0.3) is 0 Å². The van der Waals surface area contributed by atoms with Crippen molar-refractivity contribution < 1.29 is 29.0 Å². The Morgan fingerprint density at radius 2 is 1.59 bits per heavy atom. The van der Waals surface area contributed by atoms with E-state index in [0.29, 0.717) is 30.7 Å². The average molecular weight is 537 g/mol. The summed E-state index contributed by atoms with van der Waals surface area (Å²) in [7, 11) is 3.36. The van der Waals surface area contributed by atoms with E-state index in [0.717, 1.165) is 43.6 Å². The number of carbonyl (C=O) groups excluding carboxylic acids is 1. The number of carbonyl (C=O) groups is 1. The highest BCUT2D eigenvalue weighted by atomic mass is 16.5. The highest BCUT2D eigenvalue weighted by Crippen LogP contribution is 2.33. The van der Waals surface area contributed by atoms with Crippen LogP contribution in [0.4, 0.5) is 0 Å². The summed E-state index contributed by atoms with van der Waals surface area (Å²) in [4.78, 5) is 11.0. The van der Waals surface area contributed by atoms with Gasteiger partial charge in [-0.05, 0) is 47.8 Å². The van der Waals surface area contributed by atoms with Gasteiger partial charge in [0.25, 0.3) is 0 Å². The van der Waals surface area contributed by atoms with Gasteiger partial charge in [-0.15, -0.1) is 0 Å². The van der Waals surface area contributed by atoms with Crippen molar-refractivity contribution in [2.75, 3.05) is 47.1 Å². The average Bonchev–Trinajstić information content (AvgIpc) is 2.93. The third kappa shape index (κ3) is 10.1. The lowest BCUT2D eigenvalue weighted by Gasteiger charge is -2.38. The first-order chi connectivity index (χ1) is 18.7. The molecule has 2 rings (SSSR count). The SMILES string of the molecule is C=C(O)C[N+](CCOC)(CCOC)Cc1ccc(C(CC)CC(C#N)CC(C)c2ccc(C(=O)[O-])cc2)cc1. The molecule has 0 aliphatic carbocycles. The molecule has 1 N–H and O–H groups in total. The van der Waals surface area contributed by atoms with Crippen LogP contribution in [0.1, 0.15) is 72.0 Å². The van der Waals surface area contributed by atoms with E-state index in [1.165, 1.54) is 5.56 Å². The van der Waals surface area contributed by atoms with E-state index in [1.807, 2.05) is 12.1 Å². The summed E-state index contributed by atoms with van der Waals surface area (Å²) in [5.74, 6) is -0.759. The predicted octanol–water partition coefficient (Wildman–Crippen LogP) is 4.95. The third-order valence-corrected chi connectivity index (χ3v) is 7.62. The Morgan fingerprint density at radius 1 is 1.03 bits per heavy atom. The van der Waals surface area contributed by atoms with Gasteiger partial charge in [0, 0.05) is 25.7 Å². The van der Waals surface area contributed by atoms with E-state index >= 15 is 0 Å². The normalized spacial score (nSPS) is 13.8. The maximum absolute atomic E-state index is 11.0. The van der Waals surface area contributed by atoms with Gasteiger partial charge < -0.3 is 29.0 Å². The van der Waals surface area contributed by atoms with Crippen LogP contribution in [0.2, 0.25) is 0 Å². The van der Waals surface area contributed by atoms with Gasteiger partial charge in [-0.1, -0.05) is 69.0 Å². The zero-order chi connectivity index (χ0) is 28.8. The van der Waals surface area contributed by atoms with Gasteiger partial charge in [0.05, 0.1) is 25.3 Å². The minimum absolute atomic E-state index is 0.117. The summed E-state index contributed by atoms with van der Waals surface area (Å²) >= 11 is 0. The first-order valence-electron chi connectivity index (χ1n) is 13.7. The fourth-order valence-electron chi connectivity index (χ4n) is 5.32. The van der Waals surface area contributed by atoms with Gasteiger partial charge in [0.2, 0.25) is 0 Å². The second kappa shape index (κ2) is 16.0. The van der Waals surface area contributed by atoms with Gasteiger partial charge in [-0.25, -0.2) is 0 Å².